The lowest BCUT2D eigenvalue weighted by Gasteiger charge is -2.25. The van der Waals surface area contributed by atoms with Crippen LogP contribution in [-0.4, -0.2) is 25.0 Å². The zero-order valence-corrected chi connectivity index (χ0v) is 11.8. The molecule has 0 radical (unpaired) electrons. The van der Waals surface area contributed by atoms with Crippen LogP contribution in [0, 0.1) is 17.8 Å². The molecule has 0 aromatic heterocycles. The third kappa shape index (κ3) is 6.06. The quantitative estimate of drug-likeness (QED) is 0.638. The number of rotatable bonds is 8. The number of nitrogens with one attached hydrogen (secondary N) is 2. The van der Waals surface area contributed by atoms with Crippen molar-refractivity contribution in [1.82, 2.24) is 10.6 Å². The Labute approximate surface area is 106 Å². The van der Waals surface area contributed by atoms with Gasteiger partial charge in [0.15, 0.2) is 0 Å². The summed E-state index contributed by atoms with van der Waals surface area (Å²) in [6.07, 6.45) is 2.95. The van der Waals surface area contributed by atoms with E-state index in [-0.39, 0.29) is 5.91 Å². The van der Waals surface area contributed by atoms with Crippen LogP contribution in [0.4, 0.5) is 0 Å². The first-order valence-corrected chi connectivity index (χ1v) is 7.00. The maximum atomic E-state index is 11.5. The Balaban J connectivity index is 2.06. The lowest BCUT2D eigenvalue weighted by Crippen LogP contribution is -2.33. The van der Waals surface area contributed by atoms with Crippen LogP contribution in [0.25, 0.3) is 0 Å². The topological polar surface area (TPSA) is 41.1 Å². The van der Waals surface area contributed by atoms with E-state index in [1.165, 1.54) is 12.8 Å². The fraction of sp³-hybridized carbons (Fsp3) is 0.929. The van der Waals surface area contributed by atoms with Gasteiger partial charge in [0.1, 0.15) is 0 Å². The lowest BCUT2D eigenvalue weighted by atomic mass is 9.85. The zero-order valence-electron chi connectivity index (χ0n) is 11.8. The molecular formula is C14H28N2O. The molecule has 1 rings (SSSR count). The molecule has 17 heavy (non-hydrogen) atoms. The summed E-state index contributed by atoms with van der Waals surface area (Å²) < 4.78 is 0. The van der Waals surface area contributed by atoms with Gasteiger partial charge >= 0.3 is 0 Å². The minimum absolute atomic E-state index is 0.200. The molecule has 0 spiro atoms. The number of hydrogen-bond donors (Lipinski definition) is 2. The van der Waals surface area contributed by atoms with Gasteiger partial charge in [-0.25, -0.2) is 0 Å². The summed E-state index contributed by atoms with van der Waals surface area (Å²) >= 11 is 0. The van der Waals surface area contributed by atoms with Crippen molar-refractivity contribution in [2.75, 3.05) is 13.1 Å². The van der Waals surface area contributed by atoms with E-state index in [2.05, 4.69) is 38.3 Å². The highest BCUT2D eigenvalue weighted by Gasteiger charge is 2.23. The number of amides is 1. The molecule has 1 aliphatic carbocycles. The van der Waals surface area contributed by atoms with Crippen LogP contribution in [0.1, 0.15) is 47.0 Å². The molecule has 0 atom stereocenters. The SMILES string of the molecule is CC(C)C(CNCCC(=O)NC1CC1)C(C)C. The van der Waals surface area contributed by atoms with Crippen LogP contribution in [0.5, 0.6) is 0 Å². The number of hydrogen-bond acceptors (Lipinski definition) is 2. The first-order valence-electron chi connectivity index (χ1n) is 7.00. The van der Waals surface area contributed by atoms with Crippen molar-refractivity contribution in [2.24, 2.45) is 17.8 Å². The highest BCUT2D eigenvalue weighted by Crippen LogP contribution is 2.19. The van der Waals surface area contributed by atoms with Crippen molar-refractivity contribution in [3.8, 4) is 0 Å². The second-order valence-corrected chi connectivity index (χ2v) is 5.95. The molecule has 0 unspecified atom stereocenters. The van der Waals surface area contributed by atoms with E-state index in [9.17, 15) is 4.79 Å². The first kappa shape index (κ1) is 14.5. The van der Waals surface area contributed by atoms with Crippen LogP contribution in [-0.2, 0) is 4.79 Å². The van der Waals surface area contributed by atoms with Gasteiger partial charge in [0.2, 0.25) is 5.91 Å². The minimum atomic E-state index is 0.200. The van der Waals surface area contributed by atoms with Gasteiger partial charge < -0.3 is 10.6 Å². The van der Waals surface area contributed by atoms with E-state index in [4.69, 9.17) is 0 Å². The molecule has 3 nitrogen and oxygen atoms in total. The maximum Gasteiger partial charge on any atom is 0.221 e. The van der Waals surface area contributed by atoms with Gasteiger partial charge in [-0.05, 0) is 37.1 Å². The Kier molecular flexibility index (Phi) is 5.96. The normalized spacial score (nSPS) is 15.9. The maximum absolute atomic E-state index is 11.5. The predicted molar refractivity (Wildman–Crippen MR) is 71.8 cm³/mol. The van der Waals surface area contributed by atoms with Crippen molar-refractivity contribution in [2.45, 2.75) is 53.0 Å². The fourth-order valence-electron chi connectivity index (χ4n) is 2.24. The third-order valence-corrected chi connectivity index (χ3v) is 3.56. The first-order chi connectivity index (χ1) is 8.00. The highest BCUT2D eigenvalue weighted by molar-refractivity contribution is 5.76. The van der Waals surface area contributed by atoms with Crippen LogP contribution < -0.4 is 10.6 Å². The van der Waals surface area contributed by atoms with Crippen LogP contribution in [0.15, 0.2) is 0 Å². The largest absolute Gasteiger partial charge is 0.353 e. The molecule has 1 aliphatic rings. The molecule has 100 valence electrons. The van der Waals surface area contributed by atoms with Gasteiger partial charge in [0, 0.05) is 19.0 Å². The van der Waals surface area contributed by atoms with Gasteiger partial charge in [-0.15, -0.1) is 0 Å². The van der Waals surface area contributed by atoms with Gasteiger partial charge in [0.05, 0.1) is 0 Å². The van der Waals surface area contributed by atoms with Crippen molar-refractivity contribution in [1.29, 1.82) is 0 Å². The second kappa shape index (κ2) is 7.00. The van der Waals surface area contributed by atoms with Gasteiger partial charge in [-0.2, -0.15) is 0 Å². The Hall–Kier alpha value is -0.570. The summed E-state index contributed by atoms with van der Waals surface area (Å²) in [6, 6.07) is 0.488. The molecule has 2 N–H and O–H groups in total. The summed E-state index contributed by atoms with van der Waals surface area (Å²) in [5.74, 6) is 2.29. The van der Waals surface area contributed by atoms with Crippen LogP contribution in [0.2, 0.25) is 0 Å². The molecule has 0 aliphatic heterocycles. The van der Waals surface area contributed by atoms with Gasteiger partial charge in [-0.1, -0.05) is 27.7 Å². The minimum Gasteiger partial charge on any atom is -0.353 e. The van der Waals surface area contributed by atoms with E-state index < -0.39 is 0 Å². The molecule has 0 bridgehead atoms. The second-order valence-electron chi connectivity index (χ2n) is 5.95. The molecule has 1 saturated carbocycles. The Bertz CT molecular complexity index is 226. The average Bonchev–Trinajstić information content (AvgIpc) is 3.00. The number of carbonyl (C=O) groups excluding carboxylic acids is 1. The van der Waals surface area contributed by atoms with Crippen molar-refractivity contribution < 1.29 is 4.79 Å². The molecule has 1 fully saturated rings. The molecule has 1 amide bonds. The Morgan fingerprint density at radius 1 is 1.18 bits per heavy atom. The van der Waals surface area contributed by atoms with E-state index in [0.717, 1.165) is 13.1 Å². The number of carbonyl (C=O) groups is 1. The monoisotopic (exact) mass is 240 g/mol. The molecular weight excluding hydrogens is 212 g/mol. The predicted octanol–water partition coefficient (Wildman–Crippen LogP) is 2.17. The Morgan fingerprint density at radius 3 is 2.24 bits per heavy atom. The smallest absolute Gasteiger partial charge is 0.221 e. The highest BCUT2D eigenvalue weighted by atomic mass is 16.1. The van der Waals surface area contributed by atoms with Gasteiger partial charge in [-0.3, -0.25) is 4.79 Å². The van der Waals surface area contributed by atoms with Crippen molar-refractivity contribution in [3.05, 3.63) is 0 Å². The van der Waals surface area contributed by atoms with Crippen LogP contribution >= 0.6 is 0 Å². The standard InChI is InChI=1S/C14H28N2O/c1-10(2)13(11(3)4)9-15-8-7-14(17)16-12-5-6-12/h10-13,15H,5-9H2,1-4H3,(H,16,17). The lowest BCUT2D eigenvalue weighted by molar-refractivity contribution is -0.121. The molecule has 0 aromatic rings. The fourth-order valence-corrected chi connectivity index (χ4v) is 2.24. The molecule has 0 aromatic carbocycles. The average molecular weight is 240 g/mol. The Morgan fingerprint density at radius 2 is 1.76 bits per heavy atom. The summed E-state index contributed by atoms with van der Waals surface area (Å²) in [7, 11) is 0. The van der Waals surface area contributed by atoms with Crippen molar-refractivity contribution >= 4 is 5.91 Å². The van der Waals surface area contributed by atoms with E-state index in [0.29, 0.717) is 30.2 Å². The summed E-state index contributed by atoms with van der Waals surface area (Å²) in [5, 5.41) is 6.42. The zero-order chi connectivity index (χ0) is 12.8. The van der Waals surface area contributed by atoms with Gasteiger partial charge in [0.25, 0.3) is 0 Å². The summed E-state index contributed by atoms with van der Waals surface area (Å²) in [5.41, 5.74) is 0. The van der Waals surface area contributed by atoms with Crippen molar-refractivity contribution in [3.63, 3.8) is 0 Å². The van der Waals surface area contributed by atoms with Crippen LogP contribution in [0.3, 0.4) is 0 Å². The molecule has 0 saturated heterocycles. The molecule has 3 heteroatoms. The molecule has 0 heterocycles. The summed E-state index contributed by atoms with van der Waals surface area (Å²) in [6.45, 7) is 10.9. The van der Waals surface area contributed by atoms with E-state index >= 15 is 0 Å². The third-order valence-electron chi connectivity index (χ3n) is 3.56. The summed E-state index contributed by atoms with van der Waals surface area (Å²) in [4.78, 5) is 11.5. The van der Waals surface area contributed by atoms with E-state index in [1.54, 1.807) is 0 Å². The van der Waals surface area contributed by atoms with E-state index in [1.807, 2.05) is 0 Å².